The maximum atomic E-state index is 14.2. The molecule has 2 aromatic rings. The van der Waals surface area contributed by atoms with Gasteiger partial charge in [-0.25, -0.2) is 4.39 Å². The summed E-state index contributed by atoms with van der Waals surface area (Å²) in [5, 5.41) is 8.95. The van der Waals surface area contributed by atoms with E-state index in [1.54, 1.807) is 36.4 Å². The summed E-state index contributed by atoms with van der Waals surface area (Å²) in [5.41, 5.74) is 1.38. The lowest BCUT2D eigenvalue weighted by Gasteiger charge is -2.10. The van der Waals surface area contributed by atoms with Crippen molar-refractivity contribution in [2.45, 2.75) is 19.8 Å². The summed E-state index contributed by atoms with van der Waals surface area (Å²) in [4.78, 5) is 21.8. The SMILES string of the molecule is CC(=O)Oc1ccc(-c2ccc(C(C)C(=O)O)cc2F)cc1. The number of esters is 1. The van der Waals surface area contributed by atoms with Crippen molar-refractivity contribution in [1.29, 1.82) is 0 Å². The van der Waals surface area contributed by atoms with Crippen LogP contribution in [-0.4, -0.2) is 17.0 Å². The molecular formula is C17H15FO4. The fraction of sp³-hybridized carbons (Fsp3) is 0.176. The Bertz CT molecular complexity index is 707. The zero-order chi connectivity index (χ0) is 16.3. The first-order chi connectivity index (χ1) is 10.4. The Morgan fingerprint density at radius 3 is 2.27 bits per heavy atom. The zero-order valence-electron chi connectivity index (χ0n) is 12.2. The molecule has 0 aliphatic heterocycles. The van der Waals surface area contributed by atoms with E-state index in [9.17, 15) is 14.0 Å². The molecule has 0 amide bonds. The van der Waals surface area contributed by atoms with Gasteiger partial charge in [0.2, 0.25) is 0 Å². The van der Waals surface area contributed by atoms with Crippen molar-refractivity contribution in [3.63, 3.8) is 0 Å². The minimum Gasteiger partial charge on any atom is -0.481 e. The number of rotatable bonds is 4. The predicted molar refractivity (Wildman–Crippen MR) is 79.2 cm³/mol. The number of halogens is 1. The van der Waals surface area contributed by atoms with Crippen LogP contribution in [0.25, 0.3) is 11.1 Å². The number of benzene rings is 2. The molecule has 0 aliphatic carbocycles. The van der Waals surface area contributed by atoms with E-state index >= 15 is 0 Å². The lowest BCUT2D eigenvalue weighted by atomic mass is 9.97. The van der Waals surface area contributed by atoms with Gasteiger partial charge in [-0.05, 0) is 36.2 Å². The van der Waals surface area contributed by atoms with Crippen LogP contribution in [0.5, 0.6) is 5.75 Å². The number of carbonyl (C=O) groups is 2. The Morgan fingerprint density at radius 2 is 1.77 bits per heavy atom. The third kappa shape index (κ3) is 3.49. The summed E-state index contributed by atoms with van der Waals surface area (Å²) in [7, 11) is 0. The minimum atomic E-state index is -1.00. The molecule has 2 rings (SSSR count). The molecule has 114 valence electrons. The summed E-state index contributed by atoms with van der Waals surface area (Å²) < 4.78 is 19.1. The molecule has 0 aromatic heterocycles. The predicted octanol–water partition coefficient (Wildman–Crippen LogP) is 3.61. The highest BCUT2D eigenvalue weighted by molar-refractivity contribution is 5.76. The highest BCUT2D eigenvalue weighted by Crippen LogP contribution is 2.28. The highest BCUT2D eigenvalue weighted by atomic mass is 19.1. The van der Waals surface area contributed by atoms with Crippen molar-refractivity contribution in [3.05, 3.63) is 53.8 Å². The number of ether oxygens (including phenoxy) is 1. The minimum absolute atomic E-state index is 0.357. The topological polar surface area (TPSA) is 63.6 Å². The van der Waals surface area contributed by atoms with Gasteiger partial charge in [0, 0.05) is 12.5 Å². The van der Waals surface area contributed by atoms with E-state index in [2.05, 4.69) is 0 Å². The normalized spacial score (nSPS) is 11.8. The molecule has 4 nitrogen and oxygen atoms in total. The molecule has 2 aromatic carbocycles. The van der Waals surface area contributed by atoms with Gasteiger partial charge in [0.15, 0.2) is 0 Å². The Kier molecular flexibility index (Phi) is 4.56. The first kappa shape index (κ1) is 15.7. The molecule has 22 heavy (non-hydrogen) atoms. The third-order valence-electron chi connectivity index (χ3n) is 3.29. The summed E-state index contributed by atoms with van der Waals surface area (Å²) in [6, 6.07) is 10.8. The van der Waals surface area contributed by atoms with Gasteiger partial charge in [0.05, 0.1) is 5.92 Å². The average molecular weight is 302 g/mol. The van der Waals surface area contributed by atoms with Gasteiger partial charge in [0.25, 0.3) is 0 Å². The van der Waals surface area contributed by atoms with E-state index in [4.69, 9.17) is 9.84 Å². The largest absolute Gasteiger partial charge is 0.481 e. The molecule has 5 heteroatoms. The maximum absolute atomic E-state index is 14.2. The second-order valence-electron chi connectivity index (χ2n) is 4.92. The fourth-order valence-corrected chi connectivity index (χ4v) is 2.05. The van der Waals surface area contributed by atoms with Crippen molar-refractivity contribution in [2.75, 3.05) is 0 Å². The monoisotopic (exact) mass is 302 g/mol. The second-order valence-corrected chi connectivity index (χ2v) is 4.92. The van der Waals surface area contributed by atoms with E-state index in [0.29, 0.717) is 22.4 Å². The summed E-state index contributed by atoms with van der Waals surface area (Å²) in [5.74, 6) is -2.31. The number of aliphatic carboxylic acids is 1. The Balaban J connectivity index is 2.29. The van der Waals surface area contributed by atoms with Crippen LogP contribution in [0.4, 0.5) is 4.39 Å². The summed E-state index contributed by atoms with van der Waals surface area (Å²) >= 11 is 0. The van der Waals surface area contributed by atoms with Crippen LogP contribution >= 0.6 is 0 Å². The molecule has 0 fully saturated rings. The number of hydrogen-bond donors (Lipinski definition) is 1. The molecule has 0 aliphatic rings. The van der Waals surface area contributed by atoms with Gasteiger partial charge in [-0.1, -0.05) is 24.3 Å². The van der Waals surface area contributed by atoms with E-state index in [0.717, 1.165) is 0 Å². The van der Waals surface area contributed by atoms with Crippen LogP contribution in [0, 0.1) is 5.82 Å². The molecule has 0 saturated carbocycles. The Labute approximate surface area is 127 Å². The first-order valence-electron chi connectivity index (χ1n) is 6.69. The van der Waals surface area contributed by atoms with Crippen LogP contribution in [0.15, 0.2) is 42.5 Å². The van der Waals surface area contributed by atoms with Crippen LogP contribution in [0.1, 0.15) is 25.3 Å². The smallest absolute Gasteiger partial charge is 0.310 e. The third-order valence-corrected chi connectivity index (χ3v) is 3.29. The van der Waals surface area contributed by atoms with Crippen LogP contribution in [-0.2, 0) is 9.59 Å². The van der Waals surface area contributed by atoms with Crippen molar-refractivity contribution in [1.82, 2.24) is 0 Å². The summed E-state index contributed by atoms with van der Waals surface area (Å²) in [6.07, 6.45) is 0. The standard InChI is InChI=1S/C17H15FO4/c1-10(17(20)21)13-5-8-15(16(18)9-13)12-3-6-14(7-4-12)22-11(2)19/h3-10H,1-2H3,(H,20,21). The van der Waals surface area contributed by atoms with Gasteiger partial charge in [0.1, 0.15) is 11.6 Å². The molecular weight excluding hydrogens is 287 g/mol. The van der Waals surface area contributed by atoms with Crippen LogP contribution < -0.4 is 4.74 Å². The molecule has 1 N–H and O–H groups in total. The number of carboxylic acid groups (broad SMARTS) is 1. The average Bonchev–Trinajstić information content (AvgIpc) is 2.46. The highest BCUT2D eigenvalue weighted by Gasteiger charge is 2.16. The van der Waals surface area contributed by atoms with Crippen LogP contribution in [0.2, 0.25) is 0 Å². The molecule has 0 heterocycles. The number of carboxylic acids is 1. The van der Waals surface area contributed by atoms with Gasteiger partial charge in [-0.2, -0.15) is 0 Å². The van der Waals surface area contributed by atoms with Gasteiger partial charge in [-0.15, -0.1) is 0 Å². The molecule has 1 atom stereocenters. The van der Waals surface area contributed by atoms with Crippen LogP contribution in [0.3, 0.4) is 0 Å². The molecule has 0 bridgehead atoms. The fourth-order valence-electron chi connectivity index (χ4n) is 2.05. The first-order valence-corrected chi connectivity index (χ1v) is 6.69. The number of carbonyl (C=O) groups excluding carboxylic acids is 1. The van der Waals surface area contributed by atoms with E-state index < -0.39 is 23.7 Å². The van der Waals surface area contributed by atoms with Crippen molar-refractivity contribution < 1.29 is 23.8 Å². The van der Waals surface area contributed by atoms with E-state index in [-0.39, 0.29) is 0 Å². The van der Waals surface area contributed by atoms with Crippen molar-refractivity contribution in [3.8, 4) is 16.9 Å². The molecule has 1 unspecified atom stereocenters. The maximum Gasteiger partial charge on any atom is 0.310 e. The Morgan fingerprint density at radius 1 is 1.14 bits per heavy atom. The van der Waals surface area contributed by atoms with Gasteiger partial charge < -0.3 is 9.84 Å². The quantitative estimate of drug-likeness (QED) is 0.692. The summed E-state index contributed by atoms with van der Waals surface area (Å²) in [6.45, 7) is 2.81. The van der Waals surface area contributed by atoms with Gasteiger partial charge in [-0.3, -0.25) is 9.59 Å². The van der Waals surface area contributed by atoms with Crippen molar-refractivity contribution in [2.24, 2.45) is 0 Å². The lowest BCUT2D eigenvalue weighted by molar-refractivity contribution is -0.138. The molecule has 0 spiro atoms. The van der Waals surface area contributed by atoms with E-state index in [1.165, 1.54) is 19.9 Å². The molecule has 0 saturated heterocycles. The molecule has 0 radical (unpaired) electrons. The Hall–Kier alpha value is -2.69. The lowest BCUT2D eigenvalue weighted by Crippen LogP contribution is -2.07. The van der Waals surface area contributed by atoms with Crippen molar-refractivity contribution >= 4 is 11.9 Å². The zero-order valence-corrected chi connectivity index (χ0v) is 12.2. The van der Waals surface area contributed by atoms with Gasteiger partial charge >= 0.3 is 11.9 Å². The number of hydrogen-bond acceptors (Lipinski definition) is 3. The van der Waals surface area contributed by atoms with E-state index in [1.807, 2.05) is 0 Å². The second kappa shape index (κ2) is 6.39.